The van der Waals surface area contributed by atoms with Gasteiger partial charge in [-0.25, -0.2) is 9.78 Å². The molecule has 1 aromatic carbocycles. The molecule has 3 heterocycles. The van der Waals surface area contributed by atoms with Crippen LogP contribution in [0.1, 0.15) is 12.7 Å². The zero-order valence-electron chi connectivity index (χ0n) is 18.9. The van der Waals surface area contributed by atoms with Crippen LogP contribution in [0.2, 0.25) is 0 Å². The average molecular weight is 445 g/mol. The molecule has 0 bridgehead atoms. The number of nitrogens with one attached hydrogen (secondary N) is 1. The Balaban J connectivity index is 1.20. The second-order valence-corrected chi connectivity index (χ2v) is 8.19. The molecular weight excluding hydrogens is 412 g/mol. The van der Waals surface area contributed by atoms with E-state index in [0.717, 1.165) is 55.3 Å². The summed E-state index contributed by atoms with van der Waals surface area (Å²) in [4.78, 5) is 40.7. The number of H-pyrrole nitrogens is 1. The highest BCUT2D eigenvalue weighted by Gasteiger charge is 2.27. The summed E-state index contributed by atoms with van der Waals surface area (Å²) in [7, 11) is 1.66. The topological polar surface area (TPSA) is 94.2 Å². The quantitative estimate of drug-likeness (QED) is 0.710. The molecule has 0 aliphatic carbocycles. The molecule has 2 aliphatic rings. The van der Waals surface area contributed by atoms with Gasteiger partial charge in [0, 0.05) is 58.4 Å². The lowest BCUT2D eigenvalue weighted by Gasteiger charge is -2.37. The highest BCUT2D eigenvalue weighted by molar-refractivity contribution is 5.79. The highest BCUT2D eigenvalue weighted by Crippen LogP contribution is 2.19. The molecule has 0 saturated carbocycles. The van der Waals surface area contributed by atoms with Gasteiger partial charge >= 0.3 is 6.09 Å². The Morgan fingerprint density at radius 2 is 1.69 bits per heavy atom. The van der Waals surface area contributed by atoms with Gasteiger partial charge in [0.1, 0.15) is 11.6 Å². The normalized spacial score (nSPS) is 18.2. The second-order valence-electron chi connectivity index (χ2n) is 8.19. The smallest absolute Gasteiger partial charge is 0.409 e. The molecular formula is C22H32N6O4. The molecule has 4 rings (SSSR count). The molecule has 0 unspecified atom stereocenters. The lowest BCUT2D eigenvalue weighted by molar-refractivity contribution is -0.134. The Bertz CT molecular complexity index is 932. The minimum Gasteiger partial charge on any atom is -0.497 e. The first kappa shape index (κ1) is 22.3. The number of carbonyl (C=O) groups excluding carboxylic acids is 2. The summed E-state index contributed by atoms with van der Waals surface area (Å²) in [6.45, 7) is 9.03. The SMILES string of the molecule is CCOC(=O)N1CCN(C(=O)CN2CCN(Cc3nc4ccc(OC)cc4[nH]3)CC2)CC1. The van der Waals surface area contributed by atoms with Crippen molar-refractivity contribution in [3.05, 3.63) is 24.0 Å². The molecule has 10 heteroatoms. The standard InChI is InChI=1S/C22H32N6O4/c1-3-32-22(30)28-12-10-27(11-13-28)21(29)16-26-8-6-25(7-9-26)15-20-23-18-5-4-17(31-2)14-19(18)24-20/h4-5,14H,3,6-13,15-16H2,1-2H3,(H,23,24). The molecule has 1 aromatic heterocycles. The summed E-state index contributed by atoms with van der Waals surface area (Å²) in [6, 6.07) is 5.84. The Morgan fingerprint density at radius 3 is 2.38 bits per heavy atom. The summed E-state index contributed by atoms with van der Waals surface area (Å²) in [5.74, 6) is 1.89. The molecule has 0 spiro atoms. The second kappa shape index (κ2) is 10.2. The fourth-order valence-electron chi connectivity index (χ4n) is 4.21. The summed E-state index contributed by atoms with van der Waals surface area (Å²) < 4.78 is 10.3. The van der Waals surface area contributed by atoms with Gasteiger partial charge in [0.05, 0.1) is 37.8 Å². The van der Waals surface area contributed by atoms with Crippen LogP contribution >= 0.6 is 0 Å². The number of amides is 2. The van der Waals surface area contributed by atoms with E-state index >= 15 is 0 Å². The largest absolute Gasteiger partial charge is 0.497 e. The van der Waals surface area contributed by atoms with E-state index in [1.165, 1.54) is 0 Å². The fourth-order valence-corrected chi connectivity index (χ4v) is 4.21. The van der Waals surface area contributed by atoms with Crippen molar-refractivity contribution < 1.29 is 19.1 Å². The third-order valence-electron chi connectivity index (χ3n) is 6.09. The highest BCUT2D eigenvalue weighted by atomic mass is 16.6. The Labute approximate surface area is 188 Å². The van der Waals surface area contributed by atoms with Crippen LogP contribution in [-0.4, -0.2) is 114 Å². The third-order valence-corrected chi connectivity index (χ3v) is 6.09. The number of fused-ring (bicyclic) bond motifs is 1. The molecule has 174 valence electrons. The van der Waals surface area contributed by atoms with Gasteiger partial charge in [-0.1, -0.05) is 0 Å². The molecule has 2 aromatic rings. The summed E-state index contributed by atoms with van der Waals surface area (Å²) in [5, 5.41) is 0. The maximum atomic E-state index is 12.7. The van der Waals surface area contributed by atoms with Crippen LogP contribution in [-0.2, 0) is 16.1 Å². The lowest BCUT2D eigenvalue weighted by Crippen LogP contribution is -2.54. The Kier molecular flexibility index (Phi) is 7.11. The molecule has 0 radical (unpaired) electrons. The van der Waals surface area contributed by atoms with Gasteiger partial charge in [0.15, 0.2) is 0 Å². The maximum Gasteiger partial charge on any atom is 0.409 e. The zero-order chi connectivity index (χ0) is 22.5. The third kappa shape index (κ3) is 5.31. The van der Waals surface area contributed by atoms with Gasteiger partial charge < -0.3 is 24.3 Å². The van der Waals surface area contributed by atoms with Crippen LogP contribution in [0, 0.1) is 0 Å². The minimum absolute atomic E-state index is 0.133. The van der Waals surface area contributed by atoms with Crippen molar-refractivity contribution in [3.63, 3.8) is 0 Å². The van der Waals surface area contributed by atoms with Gasteiger partial charge in [-0.15, -0.1) is 0 Å². The van der Waals surface area contributed by atoms with E-state index in [1.54, 1.807) is 18.9 Å². The first-order valence-electron chi connectivity index (χ1n) is 11.2. The average Bonchev–Trinajstić information content (AvgIpc) is 3.22. The summed E-state index contributed by atoms with van der Waals surface area (Å²) in [5.41, 5.74) is 1.92. The van der Waals surface area contributed by atoms with Crippen molar-refractivity contribution in [2.24, 2.45) is 0 Å². The van der Waals surface area contributed by atoms with E-state index in [9.17, 15) is 9.59 Å². The Morgan fingerprint density at radius 1 is 1.00 bits per heavy atom. The Hall–Kier alpha value is -2.85. The van der Waals surface area contributed by atoms with Crippen molar-refractivity contribution in [2.45, 2.75) is 13.5 Å². The number of hydrogen-bond acceptors (Lipinski definition) is 7. The first-order valence-corrected chi connectivity index (χ1v) is 11.2. The van der Waals surface area contributed by atoms with Crippen molar-refractivity contribution in [2.75, 3.05) is 72.6 Å². The number of rotatable bonds is 6. The fraction of sp³-hybridized carbons (Fsp3) is 0.591. The molecule has 1 N–H and O–H groups in total. The van der Waals surface area contributed by atoms with Crippen molar-refractivity contribution in [1.82, 2.24) is 29.6 Å². The molecule has 2 saturated heterocycles. The molecule has 2 fully saturated rings. The molecule has 32 heavy (non-hydrogen) atoms. The molecule has 2 aliphatic heterocycles. The van der Waals surface area contributed by atoms with Gasteiger partial charge in [0.25, 0.3) is 0 Å². The van der Waals surface area contributed by atoms with Gasteiger partial charge in [-0.05, 0) is 19.1 Å². The maximum absolute atomic E-state index is 12.7. The lowest BCUT2D eigenvalue weighted by atomic mass is 10.2. The van der Waals surface area contributed by atoms with E-state index < -0.39 is 0 Å². The molecule has 2 amide bonds. The zero-order valence-corrected chi connectivity index (χ0v) is 18.9. The molecule has 0 atom stereocenters. The van der Waals surface area contributed by atoms with E-state index in [2.05, 4.69) is 19.8 Å². The number of hydrogen-bond donors (Lipinski definition) is 1. The van der Waals surface area contributed by atoms with Crippen LogP contribution in [0.25, 0.3) is 11.0 Å². The van der Waals surface area contributed by atoms with Crippen LogP contribution in [0.15, 0.2) is 18.2 Å². The number of carbonyl (C=O) groups is 2. The van der Waals surface area contributed by atoms with E-state index in [1.807, 2.05) is 23.1 Å². The predicted molar refractivity (Wildman–Crippen MR) is 120 cm³/mol. The number of benzene rings is 1. The van der Waals surface area contributed by atoms with E-state index in [-0.39, 0.29) is 12.0 Å². The van der Waals surface area contributed by atoms with Gasteiger partial charge in [-0.3, -0.25) is 14.6 Å². The molecule has 10 nitrogen and oxygen atoms in total. The van der Waals surface area contributed by atoms with Gasteiger partial charge in [0.2, 0.25) is 5.91 Å². The van der Waals surface area contributed by atoms with E-state index in [4.69, 9.17) is 9.47 Å². The monoisotopic (exact) mass is 444 g/mol. The van der Waals surface area contributed by atoms with E-state index in [0.29, 0.717) is 39.3 Å². The predicted octanol–water partition coefficient (Wildman–Crippen LogP) is 0.990. The number of aromatic nitrogens is 2. The van der Waals surface area contributed by atoms with Gasteiger partial charge in [-0.2, -0.15) is 0 Å². The van der Waals surface area contributed by atoms with Crippen LogP contribution in [0.3, 0.4) is 0 Å². The van der Waals surface area contributed by atoms with Crippen LogP contribution in [0.4, 0.5) is 4.79 Å². The van der Waals surface area contributed by atoms with Crippen molar-refractivity contribution in [1.29, 1.82) is 0 Å². The number of methoxy groups -OCH3 is 1. The van der Waals surface area contributed by atoms with Crippen LogP contribution in [0.5, 0.6) is 5.75 Å². The first-order chi connectivity index (χ1) is 15.6. The van der Waals surface area contributed by atoms with Crippen LogP contribution < -0.4 is 4.74 Å². The van der Waals surface area contributed by atoms with Crippen molar-refractivity contribution >= 4 is 23.0 Å². The summed E-state index contributed by atoms with van der Waals surface area (Å²) in [6.07, 6.45) is -0.292. The number of piperazine rings is 2. The minimum atomic E-state index is -0.292. The number of ether oxygens (including phenoxy) is 2. The number of nitrogens with zero attached hydrogens (tertiary/aromatic N) is 5. The summed E-state index contributed by atoms with van der Waals surface area (Å²) >= 11 is 0. The number of imidazole rings is 1. The number of aromatic amines is 1. The van der Waals surface area contributed by atoms with Crippen molar-refractivity contribution in [3.8, 4) is 5.75 Å².